The van der Waals surface area contributed by atoms with E-state index in [0.29, 0.717) is 0 Å². The van der Waals surface area contributed by atoms with Crippen molar-refractivity contribution in [2.75, 3.05) is 25.5 Å². The Morgan fingerprint density at radius 1 is 1.03 bits per heavy atom. The molecule has 3 aromatic rings. The van der Waals surface area contributed by atoms with Gasteiger partial charge in [-0.05, 0) is 54.7 Å². The Morgan fingerprint density at radius 2 is 1.77 bits per heavy atom. The highest BCUT2D eigenvalue weighted by atomic mass is 79.9. The Labute approximate surface area is 189 Å². The van der Waals surface area contributed by atoms with Crippen molar-refractivity contribution >= 4 is 44.8 Å². The largest absolute Gasteiger partial charge is 0.343 e. The van der Waals surface area contributed by atoms with Crippen LogP contribution in [0.5, 0.6) is 0 Å². The van der Waals surface area contributed by atoms with Crippen molar-refractivity contribution in [3.63, 3.8) is 0 Å². The number of aryl methyl sites for hydroxylation is 1. The van der Waals surface area contributed by atoms with Crippen LogP contribution in [0.1, 0.15) is 22.0 Å². The molecule has 2 N–H and O–H groups in total. The summed E-state index contributed by atoms with van der Waals surface area (Å²) < 4.78 is 0.963. The monoisotopic (exact) mass is 485 g/mol. The molecule has 0 saturated carbocycles. The van der Waals surface area contributed by atoms with Gasteiger partial charge in [-0.1, -0.05) is 52.3 Å². The molecule has 7 heteroatoms. The fourth-order valence-corrected chi connectivity index (χ4v) is 4.41. The van der Waals surface area contributed by atoms with Gasteiger partial charge in [-0.15, -0.1) is 11.3 Å². The Balaban J connectivity index is 1.57. The van der Waals surface area contributed by atoms with Gasteiger partial charge in [0.25, 0.3) is 0 Å². The number of nitrogens with zero attached hydrogens (tertiary/aromatic N) is 1. The van der Waals surface area contributed by atoms with E-state index in [-0.39, 0.29) is 30.9 Å². The Morgan fingerprint density at radius 3 is 2.43 bits per heavy atom. The predicted molar refractivity (Wildman–Crippen MR) is 126 cm³/mol. The molecule has 0 radical (unpaired) electrons. The SMILES string of the molecule is Cc1cc(Br)ccc1NC(=O)CN(C)CC(=O)NC(c1ccccc1)c1cccs1. The van der Waals surface area contributed by atoms with Crippen LogP contribution >= 0.6 is 27.3 Å². The summed E-state index contributed by atoms with van der Waals surface area (Å²) in [5, 5.41) is 7.99. The van der Waals surface area contributed by atoms with E-state index >= 15 is 0 Å². The molecule has 0 saturated heterocycles. The number of benzene rings is 2. The van der Waals surface area contributed by atoms with Gasteiger partial charge < -0.3 is 10.6 Å². The lowest BCUT2D eigenvalue weighted by Gasteiger charge is -2.21. The van der Waals surface area contributed by atoms with Crippen LogP contribution < -0.4 is 10.6 Å². The summed E-state index contributed by atoms with van der Waals surface area (Å²) in [7, 11) is 1.76. The average molecular weight is 486 g/mol. The van der Waals surface area contributed by atoms with Crippen molar-refractivity contribution in [3.05, 3.63) is 86.5 Å². The number of carbonyl (C=O) groups is 2. The average Bonchev–Trinajstić information content (AvgIpc) is 3.23. The van der Waals surface area contributed by atoms with Gasteiger partial charge in [-0.25, -0.2) is 0 Å². The van der Waals surface area contributed by atoms with Crippen molar-refractivity contribution in [2.45, 2.75) is 13.0 Å². The van der Waals surface area contributed by atoms with Gasteiger partial charge in [0.1, 0.15) is 0 Å². The summed E-state index contributed by atoms with van der Waals surface area (Å²) in [6, 6.07) is 19.4. The van der Waals surface area contributed by atoms with Crippen LogP contribution in [0.15, 0.2) is 70.5 Å². The first kappa shape index (κ1) is 22.2. The molecule has 156 valence electrons. The molecular weight excluding hydrogens is 462 g/mol. The second-order valence-corrected chi connectivity index (χ2v) is 9.00. The second-order valence-electron chi connectivity index (χ2n) is 7.11. The lowest BCUT2D eigenvalue weighted by molar-refractivity contribution is -0.123. The summed E-state index contributed by atoms with van der Waals surface area (Å²) in [4.78, 5) is 27.8. The fourth-order valence-electron chi connectivity index (χ4n) is 3.13. The number of amides is 2. The maximum atomic E-state index is 12.7. The van der Waals surface area contributed by atoms with Crippen molar-refractivity contribution in [3.8, 4) is 0 Å². The Bertz CT molecular complexity index is 993. The number of hydrogen-bond donors (Lipinski definition) is 2. The third kappa shape index (κ3) is 6.26. The highest BCUT2D eigenvalue weighted by Gasteiger charge is 2.19. The number of halogens is 1. The molecule has 2 aromatic carbocycles. The summed E-state index contributed by atoms with van der Waals surface area (Å²) in [5.74, 6) is -0.291. The normalized spacial score (nSPS) is 11.9. The summed E-state index contributed by atoms with van der Waals surface area (Å²) in [5.41, 5.74) is 2.77. The molecule has 1 unspecified atom stereocenters. The maximum absolute atomic E-state index is 12.7. The van der Waals surface area contributed by atoms with E-state index in [9.17, 15) is 9.59 Å². The minimum absolute atomic E-state index is 0.123. The van der Waals surface area contributed by atoms with Crippen LogP contribution in [0.2, 0.25) is 0 Å². The molecule has 2 amide bonds. The summed E-state index contributed by atoms with van der Waals surface area (Å²) >= 11 is 5.02. The third-order valence-electron chi connectivity index (χ3n) is 4.56. The van der Waals surface area contributed by atoms with E-state index in [2.05, 4.69) is 26.6 Å². The second kappa shape index (κ2) is 10.5. The molecule has 5 nitrogen and oxygen atoms in total. The smallest absolute Gasteiger partial charge is 0.238 e. The molecule has 0 aliphatic heterocycles. The number of carbonyl (C=O) groups excluding carboxylic acids is 2. The number of nitrogens with one attached hydrogen (secondary N) is 2. The number of likely N-dealkylation sites (N-methyl/N-ethyl adjacent to an activating group) is 1. The zero-order valence-corrected chi connectivity index (χ0v) is 19.3. The van der Waals surface area contributed by atoms with Crippen molar-refractivity contribution in [1.29, 1.82) is 0 Å². The van der Waals surface area contributed by atoms with E-state index in [1.807, 2.05) is 73.0 Å². The first-order valence-electron chi connectivity index (χ1n) is 9.54. The predicted octanol–water partition coefficient (Wildman–Crippen LogP) is 4.60. The molecule has 0 spiro atoms. The zero-order chi connectivity index (χ0) is 21.5. The molecule has 1 aromatic heterocycles. The fraction of sp³-hybridized carbons (Fsp3) is 0.217. The van der Waals surface area contributed by atoms with E-state index in [0.717, 1.165) is 26.2 Å². The number of thiophene rings is 1. The zero-order valence-electron chi connectivity index (χ0n) is 16.9. The quantitative estimate of drug-likeness (QED) is 0.490. The van der Waals surface area contributed by atoms with Gasteiger partial charge in [0.2, 0.25) is 11.8 Å². The summed E-state index contributed by atoms with van der Waals surface area (Å²) in [6.45, 7) is 2.19. The first-order chi connectivity index (χ1) is 14.4. The molecule has 0 aliphatic carbocycles. The molecule has 1 atom stereocenters. The van der Waals surface area contributed by atoms with Gasteiger partial charge >= 0.3 is 0 Å². The minimum Gasteiger partial charge on any atom is -0.343 e. The molecule has 30 heavy (non-hydrogen) atoms. The number of anilines is 1. The first-order valence-corrected chi connectivity index (χ1v) is 11.2. The van der Waals surface area contributed by atoms with Crippen molar-refractivity contribution in [2.24, 2.45) is 0 Å². The van der Waals surface area contributed by atoms with E-state index in [4.69, 9.17) is 0 Å². The van der Waals surface area contributed by atoms with Crippen LogP contribution in [0.4, 0.5) is 5.69 Å². The molecule has 0 fully saturated rings. The van der Waals surface area contributed by atoms with Crippen LogP contribution in [0, 0.1) is 6.92 Å². The van der Waals surface area contributed by atoms with Crippen molar-refractivity contribution in [1.82, 2.24) is 10.2 Å². The molecule has 0 aliphatic rings. The third-order valence-corrected chi connectivity index (χ3v) is 5.99. The maximum Gasteiger partial charge on any atom is 0.238 e. The summed E-state index contributed by atoms with van der Waals surface area (Å²) in [6.07, 6.45) is 0. The van der Waals surface area contributed by atoms with Gasteiger partial charge in [-0.2, -0.15) is 0 Å². The Hall–Kier alpha value is -2.48. The lowest BCUT2D eigenvalue weighted by Crippen LogP contribution is -2.40. The van der Waals surface area contributed by atoms with Gasteiger partial charge in [0.05, 0.1) is 19.1 Å². The van der Waals surface area contributed by atoms with Gasteiger partial charge in [0.15, 0.2) is 0 Å². The lowest BCUT2D eigenvalue weighted by atomic mass is 10.1. The van der Waals surface area contributed by atoms with E-state index in [1.54, 1.807) is 23.3 Å². The number of hydrogen-bond acceptors (Lipinski definition) is 4. The van der Waals surface area contributed by atoms with Crippen LogP contribution in [-0.4, -0.2) is 36.9 Å². The Kier molecular flexibility index (Phi) is 7.79. The van der Waals surface area contributed by atoms with E-state index < -0.39 is 0 Å². The van der Waals surface area contributed by atoms with Crippen molar-refractivity contribution < 1.29 is 9.59 Å². The minimum atomic E-state index is -0.202. The highest BCUT2D eigenvalue weighted by molar-refractivity contribution is 9.10. The van der Waals surface area contributed by atoms with Crippen LogP contribution in [0.3, 0.4) is 0 Å². The highest BCUT2D eigenvalue weighted by Crippen LogP contribution is 2.26. The number of rotatable bonds is 8. The van der Waals surface area contributed by atoms with E-state index in [1.165, 1.54) is 0 Å². The van der Waals surface area contributed by atoms with Crippen LogP contribution in [0.25, 0.3) is 0 Å². The molecule has 3 rings (SSSR count). The van der Waals surface area contributed by atoms with Gasteiger partial charge in [-0.3, -0.25) is 14.5 Å². The molecule has 0 bridgehead atoms. The van der Waals surface area contributed by atoms with Gasteiger partial charge in [0, 0.05) is 15.0 Å². The topological polar surface area (TPSA) is 61.4 Å². The molecule has 1 heterocycles. The standard InChI is InChI=1S/C23H24BrN3O2S/c1-16-13-18(24)10-11-19(16)25-21(28)14-27(2)15-22(29)26-23(20-9-6-12-30-20)17-7-4-3-5-8-17/h3-13,23H,14-15H2,1-2H3,(H,25,28)(H,26,29). The van der Waals surface area contributed by atoms with Crippen LogP contribution in [-0.2, 0) is 9.59 Å². The molecular formula is C23H24BrN3O2S.